The Morgan fingerprint density at radius 2 is 1.82 bits per heavy atom. The molecular weight excluding hydrogens is 308 g/mol. The molecule has 0 saturated heterocycles. The first-order chi connectivity index (χ1) is 10.5. The summed E-state index contributed by atoms with van der Waals surface area (Å²) in [5.41, 5.74) is 0.242. The van der Waals surface area contributed by atoms with E-state index in [2.05, 4.69) is 4.98 Å². The van der Waals surface area contributed by atoms with E-state index in [-0.39, 0.29) is 17.3 Å². The van der Waals surface area contributed by atoms with Crippen molar-refractivity contribution in [1.82, 2.24) is 4.98 Å². The summed E-state index contributed by atoms with van der Waals surface area (Å²) in [5, 5.41) is 23.3. The molecule has 0 amide bonds. The molecule has 1 heterocycles. The number of aromatic nitrogens is 1. The highest BCUT2D eigenvalue weighted by Crippen LogP contribution is 2.33. The van der Waals surface area contributed by atoms with Gasteiger partial charge in [-0.05, 0) is 42.5 Å². The Morgan fingerprint density at radius 3 is 2.50 bits per heavy atom. The molecule has 0 aliphatic carbocycles. The van der Waals surface area contributed by atoms with Gasteiger partial charge in [-0.3, -0.25) is 15.2 Å². The Kier molecular flexibility index (Phi) is 3.52. The summed E-state index contributed by atoms with van der Waals surface area (Å²) in [5.74, 6) is -0.0232. The summed E-state index contributed by atoms with van der Waals surface area (Å²) < 4.78 is 5.44. The molecule has 109 valence electrons. The zero-order chi connectivity index (χ0) is 15.7. The molecule has 0 atom stereocenters. The molecule has 0 N–H and O–H groups in total. The van der Waals surface area contributed by atoms with Crippen LogP contribution in [0.2, 0.25) is 5.02 Å². The number of halogens is 1. The van der Waals surface area contributed by atoms with Gasteiger partial charge >= 0.3 is 5.69 Å². The van der Waals surface area contributed by atoms with Crippen molar-refractivity contribution in [3.63, 3.8) is 0 Å². The molecule has 3 rings (SSSR count). The number of benzene rings is 2. The van der Waals surface area contributed by atoms with Gasteiger partial charge in [0.15, 0.2) is 5.75 Å². The number of nitrogens with zero attached hydrogens (tertiary/aromatic N) is 2. The van der Waals surface area contributed by atoms with E-state index in [0.29, 0.717) is 21.7 Å². The van der Waals surface area contributed by atoms with Crippen molar-refractivity contribution in [2.24, 2.45) is 0 Å². The molecule has 0 spiro atoms. The summed E-state index contributed by atoms with van der Waals surface area (Å²) >= 11 is 5.88. The molecule has 1 radical (unpaired) electrons. The predicted octanol–water partition coefficient (Wildman–Crippen LogP) is 4.73. The van der Waals surface area contributed by atoms with Crippen LogP contribution in [0.3, 0.4) is 0 Å². The number of hydrogen-bond acceptors (Lipinski definition) is 4. The number of rotatable bonds is 3. The summed E-state index contributed by atoms with van der Waals surface area (Å²) in [6.45, 7) is 0. The van der Waals surface area contributed by atoms with Gasteiger partial charge in [0, 0.05) is 16.5 Å². The first-order valence-electron chi connectivity index (χ1n) is 6.22. The Hall–Kier alpha value is -2.86. The van der Waals surface area contributed by atoms with Crippen molar-refractivity contribution in [3.8, 4) is 17.4 Å². The molecule has 0 aliphatic rings. The number of nitro groups is 1. The van der Waals surface area contributed by atoms with Crippen LogP contribution in [0.5, 0.6) is 17.4 Å². The molecule has 0 aliphatic heterocycles. The van der Waals surface area contributed by atoms with E-state index in [1.54, 1.807) is 18.2 Å². The van der Waals surface area contributed by atoms with E-state index in [9.17, 15) is 15.2 Å². The number of pyridine rings is 1. The van der Waals surface area contributed by atoms with Crippen molar-refractivity contribution < 1.29 is 14.8 Å². The average molecular weight is 316 g/mol. The van der Waals surface area contributed by atoms with Gasteiger partial charge < -0.3 is 4.74 Å². The molecule has 7 heteroatoms. The molecule has 3 aromatic rings. The van der Waals surface area contributed by atoms with Gasteiger partial charge in [-0.1, -0.05) is 11.6 Å². The lowest BCUT2D eigenvalue weighted by Gasteiger charge is -2.07. The van der Waals surface area contributed by atoms with Crippen LogP contribution in [0.15, 0.2) is 48.5 Å². The highest BCUT2D eigenvalue weighted by Gasteiger charge is 2.19. The fourth-order valence-corrected chi connectivity index (χ4v) is 2.12. The first-order valence-corrected chi connectivity index (χ1v) is 6.60. The van der Waals surface area contributed by atoms with Crippen molar-refractivity contribution in [2.45, 2.75) is 0 Å². The zero-order valence-electron chi connectivity index (χ0n) is 11.0. The molecule has 0 fully saturated rings. The van der Waals surface area contributed by atoms with Crippen LogP contribution in [0.1, 0.15) is 0 Å². The first kappa shape index (κ1) is 14.1. The number of ether oxygens (including phenoxy) is 1. The third-order valence-electron chi connectivity index (χ3n) is 2.96. The van der Waals surface area contributed by atoms with Crippen molar-refractivity contribution >= 4 is 28.2 Å². The minimum absolute atomic E-state index is 0.140. The van der Waals surface area contributed by atoms with E-state index in [0.717, 1.165) is 0 Å². The second-order valence-corrected chi connectivity index (χ2v) is 4.92. The van der Waals surface area contributed by atoms with Crippen molar-refractivity contribution in [2.75, 3.05) is 0 Å². The van der Waals surface area contributed by atoms with Crippen LogP contribution in [0.4, 0.5) is 5.69 Å². The molecule has 2 aromatic carbocycles. The Balaban J connectivity index is 2.10. The van der Waals surface area contributed by atoms with Crippen LogP contribution in [0, 0.1) is 10.1 Å². The molecule has 6 nitrogen and oxygen atoms in total. The van der Waals surface area contributed by atoms with Gasteiger partial charge in [0.2, 0.25) is 0 Å². The van der Waals surface area contributed by atoms with Crippen LogP contribution in [0.25, 0.3) is 10.9 Å². The summed E-state index contributed by atoms with van der Waals surface area (Å²) in [4.78, 5) is 14.8. The Labute approximate surface area is 129 Å². The molecule has 0 saturated carbocycles. The van der Waals surface area contributed by atoms with E-state index in [4.69, 9.17) is 16.3 Å². The van der Waals surface area contributed by atoms with E-state index in [1.807, 2.05) is 0 Å². The van der Waals surface area contributed by atoms with Crippen LogP contribution >= 0.6 is 11.6 Å². The molecule has 0 unspecified atom stereocenters. The standard InChI is InChI=1S/C15H8ClN2O4/c16-10-1-6-13-9(7-10)8-14(18(20)21)15(17-13)22-12-4-2-11(19)3-5-12/h1-8H. The predicted molar refractivity (Wildman–Crippen MR) is 80.1 cm³/mol. The van der Waals surface area contributed by atoms with Crippen LogP contribution in [-0.4, -0.2) is 9.91 Å². The van der Waals surface area contributed by atoms with Crippen molar-refractivity contribution in [3.05, 3.63) is 63.7 Å². The topological polar surface area (TPSA) is 85.2 Å². The highest BCUT2D eigenvalue weighted by atomic mass is 35.5. The third kappa shape index (κ3) is 2.77. The second-order valence-electron chi connectivity index (χ2n) is 4.48. The normalized spacial score (nSPS) is 10.6. The maximum atomic E-state index is 11.2. The van der Waals surface area contributed by atoms with Crippen molar-refractivity contribution in [1.29, 1.82) is 0 Å². The zero-order valence-corrected chi connectivity index (χ0v) is 11.8. The molecular formula is C15H8ClN2O4. The number of hydrogen-bond donors (Lipinski definition) is 0. The second kappa shape index (κ2) is 5.50. The van der Waals surface area contributed by atoms with E-state index in [1.165, 1.54) is 30.3 Å². The monoisotopic (exact) mass is 315 g/mol. The van der Waals surface area contributed by atoms with E-state index >= 15 is 0 Å². The Bertz CT molecular complexity index is 865. The van der Waals surface area contributed by atoms with Gasteiger partial charge in [-0.15, -0.1) is 0 Å². The van der Waals surface area contributed by atoms with Crippen LogP contribution < -0.4 is 4.74 Å². The largest absolute Gasteiger partial charge is 0.434 e. The minimum Gasteiger partial charge on any atom is -0.434 e. The van der Waals surface area contributed by atoms with Gasteiger partial charge in [-0.2, -0.15) is 0 Å². The lowest BCUT2D eigenvalue weighted by atomic mass is 10.2. The van der Waals surface area contributed by atoms with Gasteiger partial charge in [0.1, 0.15) is 5.75 Å². The molecule has 22 heavy (non-hydrogen) atoms. The average Bonchev–Trinajstić information content (AvgIpc) is 2.49. The fraction of sp³-hybridized carbons (Fsp3) is 0. The lowest BCUT2D eigenvalue weighted by Crippen LogP contribution is -1.96. The smallest absolute Gasteiger partial charge is 0.332 e. The maximum Gasteiger partial charge on any atom is 0.332 e. The SMILES string of the molecule is [O]c1ccc(Oc2nc3ccc(Cl)cc3cc2[N+](=O)[O-])cc1. The van der Waals surface area contributed by atoms with Gasteiger partial charge in [-0.25, -0.2) is 4.98 Å². The molecule has 0 bridgehead atoms. The van der Waals surface area contributed by atoms with Gasteiger partial charge in [0.05, 0.1) is 10.4 Å². The van der Waals surface area contributed by atoms with Gasteiger partial charge in [0.25, 0.3) is 5.88 Å². The third-order valence-corrected chi connectivity index (χ3v) is 3.19. The maximum absolute atomic E-state index is 11.2. The summed E-state index contributed by atoms with van der Waals surface area (Å²) in [7, 11) is 0. The highest BCUT2D eigenvalue weighted by molar-refractivity contribution is 6.31. The molecule has 1 aromatic heterocycles. The lowest BCUT2D eigenvalue weighted by molar-refractivity contribution is -0.385. The minimum atomic E-state index is -0.579. The number of fused-ring (bicyclic) bond motifs is 1. The Morgan fingerprint density at radius 1 is 1.09 bits per heavy atom. The quantitative estimate of drug-likeness (QED) is 0.516. The summed E-state index contributed by atoms with van der Waals surface area (Å²) in [6, 6.07) is 11.7. The van der Waals surface area contributed by atoms with Crippen LogP contribution in [-0.2, 0) is 5.11 Å². The fourth-order valence-electron chi connectivity index (χ4n) is 1.94. The summed E-state index contributed by atoms with van der Waals surface area (Å²) in [6.07, 6.45) is 0. The van der Waals surface area contributed by atoms with E-state index < -0.39 is 4.92 Å².